The fourth-order valence-electron chi connectivity index (χ4n) is 3.74. The van der Waals surface area contributed by atoms with Gasteiger partial charge in [0.25, 0.3) is 0 Å². The Kier molecular flexibility index (Phi) is 5.96. The molecule has 0 bridgehead atoms. The number of aromatic nitrogens is 1. The van der Waals surface area contributed by atoms with Gasteiger partial charge in [0, 0.05) is 22.6 Å². The van der Waals surface area contributed by atoms with E-state index in [4.69, 9.17) is 4.74 Å². The van der Waals surface area contributed by atoms with Crippen molar-refractivity contribution < 1.29 is 14.3 Å². The highest BCUT2D eigenvalue weighted by molar-refractivity contribution is 5.91. The Morgan fingerprint density at radius 1 is 1.15 bits per heavy atom. The van der Waals surface area contributed by atoms with Gasteiger partial charge in [-0.25, -0.2) is 0 Å². The molecule has 2 aromatic rings. The number of ether oxygens (including phenoxy) is 1. The molecule has 1 saturated carbocycles. The molecule has 1 aromatic heterocycles. The molecule has 2 N–H and O–H groups in total. The van der Waals surface area contributed by atoms with Gasteiger partial charge in [-0.2, -0.15) is 0 Å². The first-order valence-corrected chi connectivity index (χ1v) is 9.60. The molecule has 1 aliphatic carbocycles. The highest BCUT2D eigenvalue weighted by Gasteiger charge is 2.20. The SMILES string of the molecule is CC(C)OC(=O)Cc1[nH]c2ccccc2c1CC(=O)NC1CCCCC1. The number of rotatable bonds is 6. The summed E-state index contributed by atoms with van der Waals surface area (Å²) in [6, 6.07) is 8.15. The summed E-state index contributed by atoms with van der Waals surface area (Å²) in [5.41, 5.74) is 2.62. The van der Waals surface area contributed by atoms with Crippen LogP contribution in [0.4, 0.5) is 0 Å². The summed E-state index contributed by atoms with van der Waals surface area (Å²) in [4.78, 5) is 28.0. The molecular weight excluding hydrogens is 328 g/mol. The van der Waals surface area contributed by atoms with Crippen LogP contribution in [0.2, 0.25) is 0 Å². The fourth-order valence-corrected chi connectivity index (χ4v) is 3.74. The molecule has 1 heterocycles. The predicted molar refractivity (Wildman–Crippen MR) is 102 cm³/mol. The Bertz CT molecular complexity index is 773. The molecule has 0 atom stereocenters. The van der Waals surface area contributed by atoms with E-state index in [1.165, 1.54) is 19.3 Å². The first-order chi connectivity index (χ1) is 12.5. The zero-order valence-corrected chi connectivity index (χ0v) is 15.6. The van der Waals surface area contributed by atoms with E-state index < -0.39 is 0 Å². The molecule has 0 aliphatic heterocycles. The Morgan fingerprint density at radius 2 is 1.88 bits per heavy atom. The van der Waals surface area contributed by atoms with Gasteiger partial charge in [0.15, 0.2) is 0 Å². The molecule has 0 unspecified atom stereocenters. The monoisotopic (exact) mass is 356 g/mol. The van der Waals surface area contributed by atoms with Gasteiger partial charge in [0.1, 0.15) is 0 Å². The van der Waals surface area contributed by atoms with Crippen LogP contribution in [-0.4, -0.2) is 29.0 Å². The minimum Gasteiger partial charge on any atom is -0.463 e. The molecule has 0 saturated heterocycles. The number of amides is 1. The van der Waals surface area contributed by atoms with E-state index in [-0.39, 0.29) is 36.9 Å². The van der Waals surface area contributed by atoms with Crippen molar-refractivity contribution in [3.05, 3.63) is 35.5 Å². The van der Waals surface area contributed by atoms with Gasteiger partial charge in [-0.05, 0) is 38.3 Å². The molecule has 5 nitrogen and oxygen atoms in total. The highest BCUT2D eigenvalue weighted by Crippen LogP contribution is 2.24. The van der Waals surface area contributed by atoms with E-state index in [9.17, 15) is 9.59 Å². The zero-order valence-electron chi connectivity index (χ0n) is 15.6. The molecule has 140 valence electrons. The maximum atomic E-state index is 12.6. The Hall–Kier alpha value is -2.30. The molecule has 3 rings (SSSR count). The number of nitrogens with one attached hydrogen (secondary N) is 2. The first-order valence-electron chi connectivity index (χ1n) is 9.60. The van der Waals surface area contributed by atoms with Crippen LogP contribution in [0.5, 0.6) is 0 Å². The van der Waals surface area contributed by atoms with Crippen molar-refractivity contribution in [3.63, 3.8) is 0 Å². The summed E-state index contributed by atoms with van der Waals surface area (Å²) in [6.45, 7) is 3.67. The third kappa shape index (κ3) is 4.65. The minimum atomic E-state index is -0.277. The number of fused-ring (bicyclic) bond motifs is 1. The quantitative estimate of drug-likeness (QED) is 0.776. The number of benzene rings is 1. The van der Waals surface area contributed by atoms with Gasteiger partial charge in [-0.15, -0.1) is 0 Å². The molecule has 26 heavy (non-hydrogen) atoms. The van der Waals surface area contributed by atoms with E-state index in [2.05, 4.69) is 10.3 Å². The van der Waals surface area contributed by atoms with Crippen molar-refractivity contribution in [3.8, 4) is 0 Å². The van der Waals surface area contributed by atoms with Gasteiger partial charge in [-0.1, -0.05) is 37.5 Å². The van der Waals surface area contributed by atoms with Crippen molar-refractivity contribution in [1.82, 2.24) is 10.3 Å². The molecule has 1 aliphatic rings. The van der Waals surface area contributed by atoms with Crippen LogP contribution in [0, 0.1) is 0 Å². The van der Waals surface area contributed by atoms with Gasteiger partial charge in [0.2, 0.25) is 5.91 Å². The number of esters is 1. The summed E-state index contributed by atoms with van der Waals surface area (Å²) in [7, 11) is 0. The average molecular weight is 356 g/mol. The lowest BCUT2D eigenvalue weighted by molar-refractivity contribution is -0.146. The lowest BCUT2D eigenvalue weighted by Gasteiger charge is -2.22. The van der Waals surface area contributed by atoms with Gasteiger partial charge < -0.3 is 15.0 Å². The minimum absolute atomic E-state index is 0.0279. The van der Waals surface area contributed by atoms with Gasteiger partial charge in [0.05, 0.1) is 18.9 Å². The maximum Gasteiger partial charge on any atom is 0.312 e. The van der Waals surface area contributed by atoms with Crippen LogP contribution < -0.4 is 5.32 Å². The largest absolute Gasteiger partial charge is 0.463 e. The smallest absolute Gasteiger partial charge is 0.312 e. The Balaban J connectivity index is 1.77. The standard InChI is InChI=1S/C21H28N2O3/c1-14(2)26-21(25)13-19-17(16-10-6-7-11-18(16)23-19)12-20(24)22-15-8-4-3-5-9-15/h6-7,10-11,14-15,23H,3-5,8-9,12-13H2,1-2H3,(H,22,24). The number of para-hydroxylation sites is 1. The lowest BCUT2D eigenvalue weighted by atomic mass is 9.95. The number of hydrogen-bond acceptors (Lipinski definition) is 3. The second-order valence-corrected chi connectivity index (χ2v) is 7.42. The molecule has 1 amide bonds. The molecule has 1 fully saturated rings. The highest BCUT2D eigenvalue weighted by atomic mass is 16.5. The van der Waals surface area contributed by atoms with Gasteiger partial charge >= 0.3 is 5.97 Å². The van der Waals surface area contributed by atoms with Crippen LogP contribution in [0.1, 0.15) is 57.2 Å². The predicted octanol–water partition coefficient (Wildman–Crippen LogP) is 3.65. The van der Waals surface area contributed by atoms with E-state index in [0.29, 0.717) is 0 Å². The maximum absolute atomic E-state index is 12.6. The van der Waals surface area contributed by atoms with Crippen LogP contribution in [0.3, 0.4) is 0 Å². The summed E-state index contributed by atoms with van der Waals surface area (Å²) in [5.74, 6) is -0.249. The number of carbonyl (C=O) groups is 2. The Morgan fingerprint density at radius 3 is 2.62 bits per heavy atom. The van der Waals surface area contributed by atoms with E-state index in [0.717, 1.165) is 35.0 Å². The number of hydrogen-bond donors (Lipinski definition) is 2. The second kappa shape index (κ2) is 8.39. The fraction of sp³-hybridized carbons (Fsp3) is 0.524. The van der Waals surface area contributed by atoms with E-state index in [1.807, 2.05) is 38.1 Å². The third-order valence-corrected chi connectivity index (χ3v) is 4.90. The van der Waals surface area contributed by atoms with Crippen LogP contribution in [0.15, 0.2) is 24.3 Å². The molecule has 0 radical (unpaired) electrons. The molecular formula is C21H28N2O3. The molecule has 5 heteroatoms. The summed E-state index contributed by atoms with van der Waals surface area (Å²) >= 11 is 0. The Labute approximate surface area is 154 Å². The van der Waals surface area contributed by atoms with Gasteiger partial charge in [-0.3, -0.25) is 9.59 Å². The topological polar surface area (TPSA) is 71.2 Å². The van der Waals surface area contributed by atoms with Crippen molar-refractivity contribution in [2.75, 3.05) is 0 Å². The van der Waals surface area contributed by atoms with Crippen molar-refractivity contribution >= 4 is 22.8 Å². The molecule has 1 aromatic carbocycles. The number of aromatic amines is 1. The lowest BCUT2D eigenvalue weighted by Crippen LogP contribution is -2.37. The van der Waals surface area contributed by atoms with Crippen LogP contribution in [0.25, 0.3) is 10.9 Å². The second-order valence-electron chi connectivity index (χ2n) is 7.42. The third-order valence-electron chi connectivity index (χ3n) is 4.90. The summed E-state index contributed by atoms with van der Waals surface area (Å²) < 4.78 is 5.27. The zero-order chi connectivity index (χ0) is 18.5. The first kappa shape index (κ1) is 18.5. The van der Waals surface area contributed by atoms with E-state index in [1.54, 1.807) is 0 Å². The molecule has 0 spiro atoms. The van der Waals surface area contributed by atoms with Crippen LogP contribution >= 0.6 is 0 Å². The average Bonchev–Trinajstić information content (AvgIpc) is 2.92. The number of carbonyl (C=O) groups excluding carboxylic acids is 2. The van der Waals surface area contributed by atoms with Crippen molar-refractivity contribution in [2.45, 2.75) is 70.9 Å². The number of H-pyrrole nitrogens is 1. The van der Waals surface area contributed by atoms with E-state index >= 15 is 0 Å². The normalized spacial score (nSPS) is 15.3. The summed E-state index contributed by atoms with van der Waals surface area (Å²) in [5, 5.41) is 4.16. The van der Waals surface area contributed by atoms with Crippen molar-refractivity contribution in [2.24, 2.45) is 0 Å². The summed E-state index contributed by atoms with van der Waals surface area (Å²) in [6.07, 6.45) is 6.04. The van der Waals surface area contributed by atoms with Crippen molar-refractivity contribution in [1.29, 1.82) is 0 Å². The van der Waals surface area contributed by atoms with Crippen LogP contribution in [-0.2, 0) is 27.2 Å².